The molecule has 1 aromatic carbocycles. The molecule has 0 radical (unpaired) electrons. The standard InChI is InChI=1S/C17H27NO/c1-4-16-12-15(10-11-19-16)18-13-17(2,3)14-8-6-5-7-9-14/h5-9,15-16,18H,4,10-13H2,1-3H3. The van der Waals surface area contributed by atoms with Gasteiger partial charge in [-0.3, -0.25) is 0 Å². The van der Waals surface area contributed by atoms with Crippen molar-refractivity contribution in [2.24, 2.45) is 0 Å². The fourth-order valence-corrected chi connectivity index (χ4v) is 2.74. The van der Waals surface area contributed by atoms with Crippen molar-refractivity contribution in [3.63, 3.8) is 0 Å². The smallest absolute Gasteiger partial charge is 0.0587 e. The Hall–Kier alpha value is -0.860. The molecule has 2 atom stereocenters. The lowest BCUT2D eigenvalue weighted by Crippen LogP contribution is -2.44. The van der Waals surface area contributed by atoms with E-state index in [2.05, 4.69) is 56.4 Å². The van der Waals surface area contributed by atoms with Crippen molar-refractivity contribution in [2.45, 2.75) is 57.6 Å². The summed E-state index contributed by atoms with van der Waals surface area (Å²) >= 11 is 0. The molecule has 1 saturated heterocycles. The number of ether oxygens (including phenoxy) is 1. The molecule has 2 nitrogen and oxygen atoms in total. The van der Waals surface area contributed by atoms with E-state index >= 15 is 0 Å². The summed E-state index contributed by atoms with van der Waals surface area (Å²) in [6, 6.07) is 11.4. The van der Waals surface area contributed by atoms with Crippen molar-refractivity contribution in [3.05, 3.63) is 35.9 Å². The Morgan fingerprint density at radius 2 is 2.00 bits per heavy atom. The molecule has 0 aliphatic carbocycles. The van der Waals surface area contributed by atoms with Crippen molar-refractivity contribution in [1.82, 2.24) is 5.32 Å². The van der Waals surface area contributed by atoms with Crippen molar-refractivity contribution in [3.8, 4) is 0 Å². The Morgan fingerprint density at radius 1 is 1.26 bits per heavy atom. The highest BCUT2D eigenvalue weighted by atomic mass is 16.5. The van der Waals surface area contributed by atoms with Crippen LogP contribution in [0.2, 0.25) is 0 Å². The highest BCUT2D eigenvalue weighted by Gasteiger charge is 2.25. The number of benzene rings is 1. The Bertz CT molecular complexity index is 374. The maximum absolute atomic E-state index is 5.73. The summed E-state index contributed by atoms with van der Waals surface area (Å²) in [6.07, 6.45) is 3.87. The second-order valence-corrected chi connectivity index (χ2v) is 6.25. The monoisotopic (exact) mass is 261 g/mol. The van der Waals surface area contributed by atoms with Crippen LogP contribution < -0.4 is 5.32 Å². The van der Waals surface area contributed by atoms with Gasteiger partial charge in [0.1, 0.15) is 0 Å². The predicted molar refractivity (Wildman–Crippen MR) is 80.5 cm³/mol. The van der Waals surface area contributed by atoms with Gasteiger partial charge in [-0.1, -0.05) is 51.1 Å². The summed E-state index contributed by atoms with van der Waals surface area (Å²) in [6.45, 7) is 8.76. The molecule has 1 aromatic rings. The van der Waals surface area contributed by atoms with Gasteiger partial charge in [-0.05, 0) is 24.8 Å². The predicted octanol–water partition coefficient (Wildman–Crippen LogP) is 3.51. The first-order valence-electron chi connectivity index (χ1n) is 7.52. The van der Waals surface area contributed by atoms with E-state index in [1.54, 1.807) is 0 Å². The SMILES string of the molecule is CCC1CC(NCC(C)(C)c2ccccc2)CCO1. The average molecular weight is 261 g/mol. The zero-order valence-electron chi connectivity index (χ0n) is 12.5. The van der Waals surface area contributed by atoms with Gasteiger partial charge in [0.05, 0.1) is 6.10 Å². The van der Waals surface area contributed by atoms with Gasteiger partial charge in [0.15, 0.2) is 0 Å². The molecule has 19 heavy (non-hydrogen) atoms. The normalized spacial score (nSPS) is 24.4. The number of rotatable bonds is 5. The largest absolute Gasteiger partial charge is 0.378 e. The Kier molecular flexibility index (Phi) is 5.00. The van der Waals surface area contributed by atoms with E-state index in [0.717, 1.165) is 32.4 Å². The van der Waals surface area contributed by atoms with Crippen molar-refractivity contribution in [1.29, 1.82) is 0 Å². The van der Waals surface area contributed by atoms with Crippen LogP contribution >= 0.6 is 0 Å². The molecule has 106 valence electrons. The summed E-state index contributed by atoms with van der Waals surface area (Å²) in [5.41, 5.74) is 1.59. The van der Waals surface area contributed by atoms with E-state index in [4.69, 9.17) is 4.74 Å². The topological polar surface area (TPSA) is 21.3 Å². The molecule has 1 heterocycles. The van der Waals surface area contributed by atoms with Crippen molar-refractivity contribution >= 4 is 0 Å². The highest BCUT2D eigenvalue weighted by Crippen LogP contribution is 2.23. The van der Waals surface area contributed by atoms with Crippen LogP contribution in [0.1, 0.15) is 45.6 Å². The van der Waals surface area contributed by atoms with Crippen LogP contribution in [0.4, 0.5) is 0 Å². The van der Waals surface area contributed by atoms with E-state index in [9.17, 15) is 0 Å². The molecular weight excluding hydrogens is 234 g/mol. The molecule has 2 rings (SSSR count). The maximum Gasteiger partial charge on any atom is 0.0587 e. The summed E-state index contributed by atoms with van der Waals surface area (Å²) in [7, 11) is 0. The van der Waals surface area contributed by atoms with Crippen LogP contribution in [0.25, 0.3) is 0 Å². The van der Waals surface area contributed by atoms with E-state index in [0.29, 0.717) is 12.1 Å². The zero-order valence-corrected chi connectivity index (χ0v) is 12.5. The second kappa shape index (κ2) is 6.53. The van der Waals surface area contributed by atoms with Crippen molar-refractivity contribution < 1.29 is 4.74 Å². The first-order chi connectivity index (χ1) is 9.12. The Balaban J connectivity index is 1.87. The average Bonchev–Trinajstić information content (AvgIpc) is 2.46. The molecule has 1 aliphatic heterocycles. The van der Waals surface area contributed by atoms with E-state index in [1.807, 2.05) is 0 Å². The third-order valence-electron chi connectivity index (χ3n) is 4.21. The summed E-state index contributed by atoms with van der Waals surface area (Å²) in [4.78, 5) is 0. The fourth-order valence-electron chi connectivity index (χ4n) is 2.74. The molecular formula is C17H27NO. The summed E-state index contributed by atoms with van der Waals surface area (Å²) in [5, 5.41) is 3.74. The number of hydrogen-bond donors (Lipinski definition) is 1. The van der Waals surface area contributed by atoms with Crippen LogP contribution in [0.5, 0.6) is 0 Å². The van der Waals surface area contributed by atoms with Crippen molar-refractivity contribution in [2.75, 3.05) is 13.2 Å². The minimum absolute atomic E-state index is 0.182. The van der Waals surface area contributed by atoms with Gasteiger partial charge in [-0.25, -0.2) is 0 Å². The van der Waals surface area contributed by atoms with E-state index < -0.39 is 0 Å². The summed E-state index contributed by atoms with van der Waals surface area (Å²) < 4.78 is 5.73. The molecule has 2 unspecified atom stereocenters. The van der Waals surface area contributed by atoms with Crippen LogP contribution in [-0.4, -0.2) is 25.3 Å². The lowest BCUT2D eigenvalue weighted by molar-refractivity contribution is -0.000702. The molecule has 1 fully saturated rings. The van der Waals surface area contributed by atoms with Gasteiger partial charge >= 0.3 is 0 Å². The molecule has 0 aromatic heterocycles. The quantitative estimate of drug-likeness (QED) is 0.875. The molecule has 2 heteroatoms. The first kappa shape index (κ1) is 14.5. The van der Waals surface area contributed by atoms with Gasteiger partial charge in [0, 0.05) is 24.6 Å². The Morgan fingerprint density at radius 3 is 2.68 bits per heavy atom. The first-order valence-corrected chi connectivity index (χ1v) is 7.52. The molecule has 1 N–H and O–H groups in total. The minimum Gasteiger partial charge on any atom is -0.378 e. The highest BCUT2D eigenvalue weighted by molar-refractivity contribution is 5.23. The van der Waals surface area contributed by atoms with Gasteiger partial charge in [-0.2, -0.15) is 0 Å². The molecule has 0 spiro atoms. The zero-order chi connectivity index (χ0) is 13.7. The summed E-state index contributed by atoms with van der Waals surface area (Å²) in [5.74, 6) is 0. The lowest BCUT2D eigenvalue weighted by Gasteiger charge is -2.33. The maximum atomic E-state index is 5.73. The van der Waals surface area contributed by atoms with Crippen LogP contribution in [0.15, 0.2) is 30.3 Å². The molecule has 0 amide bonds. The van der Waals surface area contributed by atoms with Crippen LogP contribution in [0, 0.1) is 0 Å². The van der Waals surface area contributed by atoms with Crippen LogP contribution in [0.3, 0.4) is 0 Å². The minimum atomic E-state index is 0.182. The number of nitrogens with one attached hydrogen (secondary N) is 1. The second-order valence-electron chi connectivity index (χ2n) is 6.25. The number of hydrogen-bond acceptors (Lipinski definition) is 2. The lowest BCUT2D eigenvalue weighted by atomic mass is 9.84. The molecule has 0 saturated carbocycles. The molecule has 0 bridgehead atoms. The van der Waals surface area contributed by atoms with E-state index in [-0.39, 0.29) is 5.41 Å². The van der Waals surface area contributed by atoms with Gasteiger partial charge < -0.3 is 10.1 Å². The third kappa shape index (κ3) is 4.05. The van der Waals surface area contributed by atoms with E-state index in [1.165, 1.54) is 5.56 Å². The third-order valence-corrected chi connectivity index (χ3v) is 4.21. The Labute approximate surface area is 117 Å². The van der Waals surface area contributed by atoms with Crippen LogP contribution in [-0.2, 0) is 10.2 Å². The molecule has 1 aliphatic rings. The van der Waals surface area contributed by atoms with Gasteiger partial charge in [0.25, 0.3) is 0 Å². The van der Waals surface area contributed by atoms with Gasteiger partial charge in [-0.15, -0.1) is 0 Å². The van der Waals surface area contributed by atoms with Gasteiger partial charge in [0.2, 0.25) is 0 Å². The fraction of sp³-hybridized carbons (Fsp3) is 0.647.